The molecule has 15 heavy (non-hydrogen) atoms. The van der Waals surface area contributed by atoms with Crippen LogP contribution >= 0.6 is 11.6 Å². The molecule has 0 aromatic heterocycles. The van der Waals surface area contributed by atoms with Crippen LogP contribution in [0.15, 0.2) is 36.9 Å². The van der Waals surface area contributed by atoms with Crippen LogP contribution in [-0.2, 0) is 4.79 Å². The van der Waals surface area contributed by atoms with Crippen molar-refractivity contribution in [1.29, 1.82) is 0 Å². The Morgan fingerprint density at radius 2 is 2.13 bits per heavy atom. The molecular formula is C12H14ClNO. The van der Waals surface area contributed by atoms with Gasteiger partial charge in [0.1, 0.15) is 0 Å². The maximum absolute atomic E-state index is 11.2. The van der Waals surface area contributed by atoms with E-state index >= 15 is 0 Å². The van der Waals surface area contributed by atoms with Gasteiger partial charge in [-0.1, -0.05) is 37.2 Å². The second-order valence-electron chi connectivity index (χ2n) is 3.23. The summed E-state index contributed by atoms with van der Waals surface area (Å²) in [5.41, 5.74) is 1.05. The third-order valence-electron chi connectivity index (χ3n) is 2.18. The molecule has 1 aromatic carbocycles. The predicted octanol–water partition coefficient (Wildman–Crippen LogP) is 3.09. The van der Waals surface area contributed by atoms with Gasteiger partial charge in [-0.2, -0.15) is 0 Å². The molecule has 1 aromatic rings. The molecule has 0 saturated heterocycles. The molecule has 1 N–H and O–H groups in total. The van der Waals surface area contributed by atoms with Crippen LogP contribution in [0.4, 0.5) is 0 Å². The summed E-state index contributed by atoms with van der Waals surface area (Å²) in [5.74, 6) is -0.156. The van der Waals surface area contributed by atoms with E-state index in [1.54, 1.807) is 0 Å². The largest absolute Gasteiger partial charge is 0.346 e. The van der Waals surface area contributed by atoms with E-state index in [0.717, 1.165) is 12.0 Å². The number of hydrogen-bond acceptors (Lipinski definition) is 1. The van der Waals surface area contributed by atoms with Crippen molar-refractivity contribution in [3.05, 3.63) is 47.5 Å². The Bertz CT molecular complexity index is 345. The molecule has 0 aliphatic carbocycles. The number of halogens is 1. The second-order valence-corrected chi connectivity index (χ2v) is 3.66. The van der Waals surface area contributed by atoms with E-state index in [1.807, 2.05) is 31.2 Å². The summed E-state index contributed by atoms with van der Waals surface area (Å²) in [6, 6.07) is 7.49. The van der Waals surface area contributed by atoms with Gasteiger partial charge in [-0.25, -0.2) is 0 Å². The highest BCUT2D eigenvalue weighted by atomic mass is 35.5. The second kappa shape index (κ2) is 5.56. The van der Waals surface area contributed by atoms with Crippen LogP contribution < -0.4 is 5.32 Å². The van der Waals surface area contributed by atoms with Gasteiger partial charge in [0, 0.05) is 5.02 Å². The lowest BCUT2D eigenvalue weighted by Crippen LogP contribution is -2.26. The molecule has 80 valence electrons. The number of benzene rings is 1. The fraction of sp³-hybridized carbons (Fsp3) is 0.250. The molecular weight excluding hydrogens is 210 g/mol. The maximum atomic E-state index is 11.2. The molecule has 3 heteroatoms. The normalized spacial score (nSPS) is 11.9. The van der Waals surface area contributed by atoms with Gasteiger partial charge in [0.25, 0.3) is 0 Å². The van der Waals surface area contributed by atoms with Gasteiger partial charge in [-0.05, 0) is 30.2 Å². The standard InChI is InChI=1S/C12H14ClNO/c1-3-11(14-12(15)4-2)9-5-7-10(13)8-6-9/h4-8,11H,2-3H2,1H3,(H,14,15). The average Bonchev–Trinajstić information content (AvgIpc) is 2.27. The van der Waals surface area contributed by atoms with Gasteiger partial charge in [0.2, 0.25) is 5.91 Å². The number of rotatable bonds is 4. The Morgan fingerprint density at radius 3 is 2.60 bits per heavy atom. The molecule has 0 heterocycles. The Hall–Kier alpha value is -1.28. The first kappa shape index (κ1) is 11.8. The van der Waals surface area contributed by atoms with E-state index < -0.39 is 0 Å². The molecule has 1 atom stereocenters. The summed E-state index contributed by atoms with van der Waals surface area (Å²) < 4.78 is 0. The summed E-state index contributed by atoms with van der Waals surface area (Å²) >= 11 is 5.79. The van der Waals surface area contributed by atoms with Gasteiger partial charge >= 0.3 is 0 Å². The van der Waals surface area contributed by atoms with E-state index in [4.69, 9.17) is 11.6 Å². The number of amides is 1. The molecule has 1 unspecified atom stereocenters. The van der Waals surface area contributed by atoms with Crippen molar-refractivity contribution < 1.29 is 4.79 Å². The molecule has 1 amide bonds. The lowest BCUT2D eigenvalue weighted by Gasteiger charge is -2.16. The van der Waals surface area contributed by atoms with Crippen molar-refractivity contribution in [2.75, 3.05) is 0 Å². The topological polar surface area (TPSA) is 29.1 Å². The highest BCUT2D eigenvalue weighted by Crippen LogP contribution is 2.18. The van der Waals surface area contributed by atoms with Crippen LogP contribution in [0.2, 0.25) is 5.02 Å². The zero-order chi connectivity index (χ0) is 11.3. The molecule has 0 aliphatic heterocycles. The molecule has 0 aliphatic rings. The highest BCUT2D eigenvalue weighted by molar-refractivity contribution is 6.30. The van der Waals surface area contributed by atoms with Crippen molar-refractivity contribution in [1.82, 2.24) is 5.32 Å². The zero-order valence-electron chi connectivity index (χ0n) is 8.66. The van der Waals surface area contributed by atoms with Crippen LogP contribution in [-0.4, -0.2) is 5.91 Å². The third-order valence-corrected chi connectivity index (χ3v) is 2.43. The van der Waals surface area contributed by atoms with Gasteiger partial charge in [-0.15, -0.1) is 0 Å². The van der Waals surface area contributed by atoms with Crippen molar-refractivity contribution in [2.45, 2.75) is 19.4 Å². The molecule has 2 nitrogen and oxygen atoms in total. The van der Waals surface area contributed by atoms with Crippen LogP contribution in [0, 0.1) is 0 Å². The van der Waals surface area contributed by atoms with Gasteiger partial charge in [0.15, 0.2) is 0 Å². The Balaban J connectivity index is 2.78. The number of nitrogens with one attached hydrogen (secondary N) is 1. The SMILES string of the molecule is C=CC(=O)NC(CC)c1ccc(Cl)cc1. The van der Waals surface area contributed by atoms with Crippen molar-refractivity contribution in [3.63, 3.8) is 0 Å². The first-order valence-electron chi connectivity index (χ1n) is 4.85. The van der Waals surface area contributed by atoms with E-state index in [9.17, 15) is 4.79 Å². The number of hydrogen-bond donors (Lipinski definition) is 1. The molecule has 0 radical (unpaired) electrons. The van der Waals surface area contributed by atoms with Crippen LogP contribution in [0.25, 0.3) is 0 Å². The van der Waals surface area contributed by atoms with Crippen molar-refractivity contribution in [2.24, 2.45) is 0 Å². The fourth-order valence-electron chi connectivity index (χ4n) is 1.35. The van der Waals surface area contributed by atoms with E-state index in [-0.39, 0.29) is 11.9 Å². The minimum atomic E-state index is -0.156. The van der Waals surface area contributed by atoms with Gasteiger partial charge in [-0.3, -0.25) is 4.79 Å². The van der Waals surface area contributed by atoms with E-state index in [0.29, 0.717) is 5.02 Å². The lowest BCUT2D eigenvalue weighted by molar-refractivity contribution is -0.117. The molecule has 0 saturated carbocycles. The summed E-state index contributed by atoms with van der Waals surface area (Å²) in [6.45, 7) is 5.44. The summed E-state index contributed by atoms with van der Waals surface area (Å²) in [4.78, 5) is 11.2. The van der Waals surface area contributed by atoms with Crippen LogP contribution in [0.5, 0.6) is 0 Å². The van der Waals surface area contributed by atoms with Gasteiger partial charge in [0.05, 0.1) is 6.04 Å². The maximum Gasteiger partial charge on any atom is 0.243 e. The Labute approximate surface area is 94.9 Å². The minimum Gasteiger partial charge on any atom is -0.346 e. The van der Waals surface area contributed by atoms with Crippen LogP contribution in [0.1, 0.15) is 24.9 Å². The summed E-state index contributed by atoms with van der Waals surface area (Å²) in [7, 11) is 0. The predicted molar refractivity (Wildman–Crippen MR) is 62.8 cm³/mol. The molecule has 0 spiro atoms. The third kappa shape index (κ3) is 3.40. The Morgan fingerprint density at radius 1 is 1.53 bits per heavy atom. The smallest absolute Gasteiger partial charge is 0.243 e. The van der Waals surface area contributed by atoms with Crippen LogP contribution in [0.3, 0.4) is 0 Å². The average molecular weight is 224 g/mol. The first-order chi connectivity index (χ1) is 7.17. The number of carbonyl (C=O) groups excluding carboxylic acids is 1. The van der Waals surface area contributed by atoms with Crippen molar-refractivity contribution in [3.8, 4) is 0 Å². The van der Waals surface area contributed by atoms with Gasteiger partial charge < -0.3 is 5.32 Å². The molecule has 0 fully saturated rings. The Kier molecular flexibility index (Phi) is 4.37. The number of carbonyl (C=O) groups is 1. The van der Waals surface area contributed by atoms with E-state index in [2.05, 4.69) is 11.9 Å². The lowest BCUT2D eigenvalue weighted by atomic mass is 10.0. The minimum absolute atomic E-state index is 0.0211. The summed E-state index contributed by atoms with van der Waals surface area (Å²) in [6.07, 6.45) is 2.11. The quantitative estimate of drug-likeness (QED) is 0.781. The first-order valence-corrected chi connectivity index (χ1v) is 5.23. The highest BCUT2D eigenvalue weighted by Gasteiger charge is 2.10. The molecule has 1 rings (SSSR count). The monoisotopic (exact) mass is 223 g/mol. The molecule has 0 bridgehead atoms. The fourth-order valence-corrected chi connectivity index (χ4v) is 1.47. The van der Waals surface area contributed by atoms with Crippen molar-refractivity contribution >= 4 is 17.5 Å². The summed E-state index contributed by atoms with van der Waals surface area (Å²) in [5, 5.41) is 3.55. The zero-order valence-corrected chi connectivity index (χ0v) is 9.42. The van der Waals surface area contributed by atoms with E-state index in [1.165, 1.54) is 6.08 Å².